The van der Waals surface area contributed by atoms with Gasteiger partial charge in [0.1, 0.15) is 0 Å². The molecule has 0 N–H and O–H groups in total. The summed E-state index contributed by atoms with van der Waals surface area (Å²) in [5, 5.41) is 0.421. The van der Waals surface area contributed by atoms with Crippen LogP contribution in [0, 0.1) is 0 Å². The zero-order valence-corrected chi connectivity index (χ0v) is 5.28. The summed E-state index contributed by atoms with van der Waals surface area (Å²) in [5.74, 6) is 0. The van der Waals surface area contributed by atoms with E-state index in [1.54, 1.807) is 0 Å². The molecule has 0 spiro atoms. The summed E-state index contributed by atoms with van der Waals surface area (Å²) >= 11 is 5.77. The van der Waals surface area contributed by atoms with Crippen LogP contribution in [-0.4, -0.2) is 30.4 Å². The average molecular weight is 120 g/mol. The number of likely N-dealkylation sites (tertiary alicyclic amines) is 1. The van der Waals surface area contributed by atoms with Crippen LogP contribution in [0.4, 0.5) is 0 Å². The molecule has 0 amide bonds. The predicted octanol–water partition coefficient (Wildman–Crippen LogP) is 0.929. The van der Waals surface area contributed by atoms with Gasteiger partial charge in [-0.25, -0.2) is 0 Å². The van der Waals surface area contributed by atoms with Crippen LogP contribution in [-0.2, 0) is 0 Å². The average Bonchev–Trinajstić information content (AvgIpc) is 1.87. The highest BCUT2D eigenvalue weighted by atomic mass is 35.5. The van der Waals surface area contributed by atoms with E-state index in [9.17, 15) is 0 Å². The third-order valence-corrected chi connectivity index (χ3v) is 1.69. The Kier molecular flexibility index (Phi) is 1.55. The van der Waals surface area contributed by atoms with Crippen LogP contribution in [0.2, 0.25) is 0 Å². The van der Waals surface area contributed by atoms with Gasteiger partial charge in [0.2, 0.25) is 0 Å². The molecule has 0 aliphatic carbocycles. The SMILES string of the molecule is CN1CC[C@H](Cl)C1. The normalized spacial score (nSPS) is 34.3. The van der Waals surface area contributed by atoms with Crippen LogP contribution >= 0.6 is 11.6 Å². The van der Waals surface area contributed by atoms with E-state index in [0.717, 1.165) is 13.0 Å². The minimum Gasteiger partial charge on any atom is -0.305 e. The maximum absolute atomic E-state index is 5.77. The molecular formula is C5H10ClN. The molecule has 0 unspecified atom stereocenters. The van der Waals surface area contributed by atoms with Crippen LogP contribution < -0.4 is 0 Å². The van der Waals surface area contributed by atoms with E-state index in [0.29, 0.717) is 5.38 Å². The van der Waals surface area contributed by atoms with Crippen molar-refractivity contribution in [2.45, 2.75) is 11.8 Å². The van der Waals surface area contributed by atoms with Crippen LogP contribution in [0.3, 0.4) is 0 Å². The van der Waals surface area contributed by atoms with Gasteiger partial charge in [-0.1, -0.05) is 0 Å². The summed E-state index contributed by atoms with van der Waals surface area (Å²) in [6.07, 6.45) is 1.16. The van der Waals surface area contributed by atoms with Crippen LogP contribution in [0.1, 0.15) is 6.42 Å². The lowest BCUT2D eigenvalue weighted by atomic mass is 10.4. The Morgan fingerprint density at radius 2 is 2.43 bits per heavy atom. The van der Waals surface area contributed by atoms with E-state index in [4.69, 9.17) is 11.6 Å². The maximum Gasteiger partial charge on any atom is 0.0475 e. The fraction of sp³-hybridized carbons (Fsp3) is 1.00. The molecule has 1 aliphatic rings. The topological polar surface area (TPSA) is 3.24 Å². The second kappa shape index (κ2) is 2.01. The van der Waals surface area contributed by atoms with Crippen LogP contribution in [0.5, 0.6) is 0 Å². The molecule has 0 aromatic heterocycles. The van der Waals surface area contributed by atoms with E-state index < -0.39 is 0 Å². The number of nitrogens with zero attached hydrogens (tertiary/aromatic N) is 1. The minimum atomic E-state index is 0.421. The van der Waals surface area contributed by atoms with Crippen LogP contribution in [0.25, 0.3) is 0 Å². The van der Waals surface area contributed by atoms with Crippen molar-refractivity contribution in [3.63, 3.8) is 0 Å². The standard InChI is InChI=1S/C5H10ClN/c1-7-3-2-5(6)4-7/h5H,2-4H2,1H3/t5-/m0/s1. The van der Waals surface area contributed by atoms with Gasteiger partial charge in [0.15, 0.2) is 0 Å². The molecule has 1 aliphatic heterocycles. The Bertz CT molecular complexity index is 57.1. The minimum absolute atomic E-state index is 0.421. The summed E-state index contributed by atoms with van der Waals surface area (Å²) in [7, 11) is 2.10. The van der Waals surface area contributed by atoms with Crippen molar-refractivity contribution in [2.75, 3.05) is 20.1 Å². The lowest BCUT2D eigenvalue weighted by Gasteiger charge is -2.02. The first kappa shape index (κ1) is 5.39. The number of hydrogen-bond acceptors (Lipinski definition) is 1. The molecule has 1 fully saturated rings. The van der Waals surface area contributed by atoms with Gasteiger partial charge in [-0.05, 0) is 20.0 Å². The lowest BCUT2D eigenvalue weighted by Crippen LogP contribution is -2.13. The molecule has 1 nitrogen and oxygen atoms in total. The summed E-state index contributed by atoms with van der Waals surface area (Å²) in [5.41, 5.74) is 0. The second-order valence-electron chi connectivity index (χ2n) is 2.15. The Morgan fingerprint density at radius 1 is 1.71 bits per heavy atom. The molecule has 0 aromatic rings. The molecular weight excluding hydrogens is 110 g/mol. The number of hydrogen-bond donors (Lipinski definition) is 0. The zero-order valence-electron chi connectivity index (χ0n) is 4.52. The van der Waals surface area contributed by atoms with E-state index in [1.165, 1.54) is 6.54 Å². The van der Waals surface area contributed by atoms with Crippen molar-refractivity contribution in [1.29, 1.82) is 0 Å². The third kappa shape index (κ3) is 1.32. The first-order valence-electron chi connectivity index (χ1n) is 2.61. The predicted molar refractivity (Wildman–Crippen MR) is 31.8 cm³/mol. The first-order chi connectivity index (χ1) is 3.29. The van der Waals surface area contributed by atoms with Gasteiger partial charge < -0.3 is 4.90 Å². The number of halogens is 1. The highest BCUT2D eigenvalue weighted by Crippen LogP contribution is 2.11. The largest absolute Gasteiger partial charge is 0.305 e. The molecule has 1 saturated heterocycles. The number of rotatable bonds is 0. The fourth-order valence-electron chi connectivity index (χ4n) is 0.881. The first-order valence-corrected chi connectivity index (χ1v) is 3.05. The van der Waals surface area contributed by atoms with Crippen molar-refractivity contribution >= 4 is 11.6 Å². The molecule has 2 heteroatoms. The molecule has 0 bridgehead atoms. The van der Waals surface area contributed by atoms with Crippen molar-refractivity contribution < 1.29 is 0 Å². The molecule has 1 rings (SSSR count). The van der Waals surface area contributed by atoms with Crippen molar-refractivity contribution in [1.82, 2.24) is 4.90 Å². The Balaban J connectivity index is 2.26. The lowest BCUT2D eigenvalue weighted by molar-refractivity contribution is 0.418. The molecule has 7 heavy (non-hydrogen) atoms. The van der Waals surface area contributed by atoms with Gasteiger partial charge in [0.25, 0.3) is 0 Å². The summed E-state index contributed by atoms with van der Waals surface area (Å²) < 4.78 is 0. The quantitative estimate of drug-likeness (QED) is 0.429. The van der Waals surface area contributed by atoms with E-state index in [-0.39, 0.29) is 0 Å². The number of alkyl halides is 1. The molecule has 0 saturated carbocycles. The zero-order chi connectivity index (χ0) is 5.28. The molecule has 0 radical (unpaired) electrons. The highest BCUT2D eigenvalue weighted by Gasteiger charge is 2.15. The van der Waals surface area contributed by atoms with Crippen molar-refractivity contribution in [2.24, 2.45) is 0 Å². The second-order valence-corrected chi connectivity index (χ2v) is 2.77. The summed E-state index contributed by atoms with van der Waals surface area (Å²) in [6.45, 7) is 2.25. The molecule has 0 aromatic carbocycles. The Labute approximate surface area is 49.3 Å². The van der Waals surface area contributed by atoms with Crippen molar-refractivity contribution in [3.8, 4) is 0 Å². The van der Waals surface area contributed by atoms with Crippen LogP contribution in [0.15, 0.2) is 0 Å². The Morgan fingerprint density at radius 3 is 2.57 bits per heavy atom. The summed E-state index contributed by atoms with van der Waals surface area (Å²) in [6, 6.07) is 0. The third-order valence-electron chi connectivity index (χ3n) is 1.33. The van der Waals surface area contributed by atoms with E-state index in [1.807, 2.05) is 0 Å². The molecule has 1 heterocycles. The summed E-state index contributed by atoms with van der Waals surface area (Å²) in [4.78, 5) is 2.25. The molecule has 1 atom stereocenters. The fourth-order valence-corrected chi connectivity index (χ4v) is 1.21. The van der Waals surface area contributed by atoms with E-state index >= 15 is 0 Å². The molecule has 42 valence electrons. The maximum atomic E-state index is 5.77. The van der Waals surface area contributed by atoms with Gasteiger partial charge in [0.05, 0.1) is 0 Å². The van der Waals surface area contributed by atoms with Gasteiger partial charge in [0, 0.05) is 11.9 Å². The van der Waals surface area contributed by atoms with E-state index in [2.05, 4.69) is 11.9 Å². The van der Waals surface area contributed by atoms with Gasteiger partial charge in [-0.2, -0.15) is 0 Å². The smallest absolute Gasteiger partial charge is 0.0475 e. The van der Waals surface area contributed by atoms with Crippen molar-refractivity contribution in [3.05, 3.63) is 0 Å². The highest BCUT2D eigenvalue weighted by molar-refractivity contribution is 6.20. The van der Waals surface area contributed by atoms with Gasteiger partial charge >= 0.3 is 0 Å². The monoisotopic (exact) mass is 119 g/mol. The van der Waals surface area contributed by atoms with Gasteiger partial charge in [-0.3, -0.25) is 0 Å². The Hall–Kier alpha value is 0.250. The van der Waals surface area contributed by atoms with Gasteiger partial charge in [-0.15, -0.1) is 11.6 Å².